The molecular weight excluding hydrogens is 177 g/mol. The Kier molecular flexibility index (Phi) is 5.37. The second-order valence-electron chi connectivity index (χ2n) is 2.21. The molecule has 4 N–H and O–H groups in total. The van der Waals surface area contributed by atoms with Crippen LogP contribution in [0.1, 0.15) is 11.8 Å². The van der Waals surface area contributed by atoms with E-state index in [-0.39, 0.29) is 36.9 Å². The SMILES string of the molecule is NC(N)=NC(=O)c1ccccc1.[H-].[Na+]. The first-order chi connectivity index (χ1) is 5.70. The van der Waals surface area contributed by atoms with E-state index < -0.39 is 5.91 Å². The second kappa shape index (κ2) is 5.75. The number of nitrogens with two attached hydrogens (primary N) is 2. The predicted molar refractivity (Wildman–Crippen MR) is 47.7 cm³/mol. The zero-order chi connectivity index (χ0) is 8.97. The van der Waals surface area contributed by atoms with Crippen LogP contribution in [0.2, 0.25) is 0 Å². The molecule has 1 rings (SSSR count). The molecule has 0 heterocycles. The molecule has 0 bridgehead atoms. The molecule has 0 aliphatic heterocycles. The van der Waals surface area contributed by atoms with Crippen molar-refractivity contribution in [1.29, 1.82) is 0 Å². The summed E-state index contributed by atoms with van der Waals surface area (Å²) < 4.78 is 0. The molecule has 5 heteroatoms. The number of carbonyl (C=O) groups is 1. The van der Waals surface area contributed by atoms with Gasteiger partial charge < -0.3 is 12.9 Å². The smallest absolute Gasteiger partial charge is 1.00 e. The fourth-order valence-corrected chi connectivity index (χ4v) is 0.763. The fourth-order valence-electron chi connectivity index (χ4n) is 0.763. The van der Waals surface area contributed by atoms with Crippen molar-refractivity contribution in [1.82, 2.24) is 0 Å². The molecule has 0 fully saturated rings. The molecule has 1 aromatic rings. The van der Waals surface area contributed by atoms with Gasteiger partial charge in [-0.15, -0.1) is 0 Å². The molecule has 0 aliphatic carbocycles. The third kappa shape index (κ3) is 4.07. The van der Waals surface area contributed by atoms with Crippen LogP contribution in [0.4, 0.5) is 0 Å². The van der Waals surface area contributed by atoms with Gasteiger partial charge in [-0.1, -0.05) is 18.2 Å². The number of guanidine groups is 1. The number of hydrogen-bond acceptors (Lipinski definition) is 1. The molecule has 4 nitrogen and oxygen atoms in total. The summed E-state index contributed by atoms with van der Waals surface area (Å²) >= 11 is 0. The zero-order valence-corrected chi connectivity index (χ0v) is 9.40. The quantitative estimate of drug-likeness (QED) is 0.283. The Morgan fingerprint density at radius 2 is 1.77 bits per heavy atom. The molecule has 0 saturated heterocycles. The fraction of sp³-hybridized carbons (Fsp3) is 0. The Morgan fingerprint density at radius 3 is 2.23 bits per heavy atom. The monoisotopic (exact) mass is 187 g/mol. The normalized spacial score (nSPS) is 8.31. The van der Waals surface area contributed by atoms with Gasteiger partial charge in [-0.3, -0.25) is 4.79 Å². The molecule has 64 valence electrons. The minimum Gasteiger partial charge on any atom is -1.00 e. The molecule has 13 heavy (non-hydrogen) atoms. The van der Waals surface area contributed by atoms with E-state index in [0.29, 0.717) is 5.56 Å². The maximum absolute atomic E-state index is 11.1. The summed E-state index contributed by atoms with van der Waals surface area (Å²) in [4.78, 5) is 14.5. The van der Waals surface area contributed by atoms with Crippen molar-refractivity contribution in [2.75, 3.05) is 0 Å². The summed E-state index contributed by atoms with van der Waals surface area (Å²) in [6.45, 7) is 0. The summed E-state index contributed by atoms with van der Waals surface area (Å²) in [5, 5.41) is 0. The van der Waals surface area contributed by atoms with Crippen LogP contribution in [0.5, 0.6) is 0 Å². The molecule has 1 amide bonds. The van der Waals surface area contributed by atoms with Gasteiger partial charge in [0.15, 0.2) is 5.96 Å². The van der Waals surface area contributed by atoms with E-state index >= 15 is 0 Å². The third-order valence-electron chi connectivity index (χ3n) is 1.25. The van der Waals surface area contributed by atoms with E-state index in [2.05, 4.69) is 4.99 Å². The summed E-state index contributed by atoms with van der Waals surface area (Å²) in [6.07, 6.45) is 0. The Labute approximate surface area is 99.8 Å². The van der Waals surface area contributed by atoms with Gasteiger partial charge in [-0.25, -0.2) is 0 Å². The summed E-state index contributed by atoms with van der Waals surface area (Å²) in [7, 11) is 0. The van der Waals surface area contributed by atoms with E-state index in [1.54, 1.807) is 24.3 Å². The van der Waals surface area contributed by atoms with Gasteiger partial charge in [0, 0.05) is 5.56 Å². The van der Waals surface area contributed by atoms with E-state index in [1.807, 2.05) is 6.07 Å². The first-order valence-electron chi connectivity index (χ1n) is 3.39. The molecule has 0 spiro atoms. The van der Waals surface area contributed by atoms with Crippen molar-refractivity contribution < 1.29 is 35.8 Å². The Hall–Kier alpha value is -0.840. The maximum Gasteiger partial charge on any atom is 1.00 e. The Bertz CT molecular complexity index is 312. The number of benzene rings is 1. The van der Waals surface area contributed by atoms with Crippen LogP contribution in [0, 0.1) is 0 Å². The van der Waals surface area contributed by atoms with Gasteiger partial charge in [-0.05, 0) is 12.1 Å². The summed E-state index contributed by atoms with van der Waals surface area (Å²) in [5.74, 6) is -0.639. The van der Waals surface area contributed by atoms with Crippen LogP contribution in [0.15, 0.2) is 35.3 Å². The maximum atomic E-state index is 11.1. The van der Waals surface area contributed by atoms with Crippen LogP contribution < -0.4 is 41.0 Å². The molecule has 0 aromatic heterocycles. The van der Waals surface area contributed by atoms with Crippen molar-refractivity contribution in [2.24, 2.45) is 16.5 Å². The number of hydrogen-bond donors (Lipinski definition) is 2. The molecule has 0 atom stereocenters. The van der Waals surface area contributed by atoms with Crippen molar-refractivity contribution >= 4 is 11.9 Å². The molecule has 0 aliphatic rings. The first kappa shape index (κ1) is 12.2. The van der Waals surface area contributed by atoms with Crippen LogP contribution in [0.3, 0.4) is 0 Å². The number of amides is 1. The summed E-state index contributed by atoms with van der Waals surface area (Å²) in [5.41, 5.74) is 10.6. The van der Waals surface area contributed by atoms with Gasteiger partial charge in [0.25, 0.3) is 5.91 Å². The molecule has 0 unspecified atom stereocenters. The molecule has 0 saturated carbocycles. The van der Waals surface area contributed by atoms with Gasteiger partial charge in [0.1, 0.15) is 0 Å². The van der Waals surface area contributed by atoms with Crippen molar-refractivity contribution in [3.63, 3.8) is 0 Å². The number of aliphatic imine (C=N–C) groups is 1. The van der Waals surface area contributed by atoms with Crippen LogP contribution >= 0.6 is 0 Å². The topological polar surface area (TPSA) is 81.5 Å². The average molecular weight is 187 g/mol. The minimum atomic E-state index is -0.421. The van der Waals surface area contributed by atoms with Gasteiger partial charge in [0.05, 0.1) is 0 Å². The van der Waals surface area contributed by atoms with Gasteiger partial charge in [0.2, 0.25) is 0 Å². The minimum absolute atomic E-state index is 0. The van der Waals surface area contributed by atoms with Crippen molar-refractivity contribution in [3.8, 4) is 0 Å². The number of nitrogens with zero attached hydrogens (tertiary/aromatic N) is 1. The van der Waals surface area contributed by atoms with E-state index in [9.17, 15) is 4.79 Å². The average Bonchev–Trinajstić information content (AvgIpc) is 2.05. The van der Waals surface area contributed by atoms with E-state index in [0.717, 1.165) is 0 Å². The molecule has 0 radical (unpaired) electrons. The van der Waals surface area contributed by atoms with Crippen molar-refractivity contribution in [3.05, 3.63) is 35.9 Å². The van der Waals surface area contributed by atoms with Crippen LogP contribution in [0.25, 0.3) is 0 Å². The third-order valence-corrected chi connectivity index (χ3v) is 1.25. The predicted octanol–water partition coefficient (Wildman–Crippen LogP) is -2.78. The largest absolute Gasteiger partial charge is 1.00 e. The Balaban J connectivity index is 0. The van der Waals surface area contributed by atoms with Gasteiger partial charge >= 0.3 is 29.6 Å². The van der Waals surface area contributed by atoms with E-state index in [1.165, 1.54) is 0 Å². The number of rotatable bonds is 1. The second-order valence-corrected chi connectivity index (χ2v) is 2.21. The van der Waals surface area contributed by atoms with Crippen LogP contribution in [-0.2, 0) is 0 Å². The Morgan fingerprint density at radius 1 is 1.23 bits per heavy atom. The summed E-state index contributed by atoms with van der Waals surface area (Å²) in [6, 6.07) is 8.60. The van der Waals surface area contributed by atoms with Crippen molar-refractivity contribution in [2.45, 2.75) is 0 Å². The van der Waals surface area contributed by atoms with Gasteiger partial charge in [-0.2, -0.15) is 4.99 Å². The number of carbonyl (C=O) groups excluding carboxylic acids is 1. The zero-order valence-electron chi connectivity index (χ0n) is 8.40. The molecular formula is C8H10N3NaO. The van der Waals surface area contributed by atoms with E-state index in [4.69, 9.17) is 11.5 Å². The van der Waals surface area contributed by atoms with Crippen LogP contribution in [-0.4, -0.2) is 11.9 Å². The first-order valence-corrected chi connectivity index (χ1v) is 3.39. The standard InChI is InChI=1S/C8H9N3O.Na.H/c9-8(10)11-7(12)6-4-2-1-3-5-6;;/h1-5H,(H4,9,10,11,12);;/q;+1;-1. The molecule has 1 aromatic carbocycles.